The predicted octanol–water partition coefficient (Wildman–Crippen LogP) is 0.105. The Balaban J connectivity index is 1.88. The molecule has 0 aliphatic carbocycles. The van der Waals surface area contributed by atoms with Crippen molar-refractivity contribution in [2.75, 3.05) is 27.2 Å². The number of aryl methyl sites for hydroxylation is 2. The molecular weight excluding hydrogens is 406 g/mol. The van der Waals surface area contributed by atoms with Gasteiger partial charge >= 0.3 is 0 Å². The standard InChI is InChI=1S/C24H27N5O3/c1-15-7-5-13-28-19(16(2)26-23(15)28)21(30)18-20(17-8-10-25-11-9-17)29(24(32)22(18)31)14-6-12-27(3)4/h5,7-11,13,20,30H,6,12,14H2,1-4H3/b21-18+. The largest absolute Gasteiger partial charge is 0.871 e. The molecule has 1 unspecified atom stereocenters. The number of hydrogen-bond donors (Lipinski definition) is 1. The highest BCUT2D eigenvalue weighted by Crippen LogP contribution is 2.39. The Labute approximate surface area is 186 Å². The molecular formula is C24H27N5O3. The summed E-state index contributed by atoms with van der Waals surface area (Å²) < 4.78 is 1.71. The minimum Gasteiger partial charge on any atom is -0.871 e. The number of carbonyl (C=O) groups excluding carboxylic acids is 2. The van der Waals surface area contributed by atoms with Crippen LogP contribution in [0.1, 0.15) is 35.0 Å². The minimum absolute atomic E-state index is 0.0233. The average molecular weight is 434 g/mol. The fourth-order valence-electron chi connectivity index (χ4n) is 4.31. The van der Waals surface area contributed by atoms with Gasteiger partial charge in [0.2, 0.25) is 5.78 Å². The van der Waals surface area contributed by atoms with Gasteiger partial charge in [0.25, 0.3) is 5.91 Å². The van der Waals surface area contributed by atoms with Crippen LogP contribution in [0.3, 0.4) is 0 Å². The monoisotopic (exact) mass is 433 g/mol. The van der Waals surface area contributed by atoms with Crippen molar-refractivity contribution >= 4 is 23.1 Å². The van der Waals surface area contributed by atoms with E-state index in [4.69, 9.17) is 0 Å². The molecule has 4 rings (SSSR count). The first-order valence-electron chi connectivity index (χ1n) is 10.7. The summed E-state index contributed by atoms with van der Waals surface area (Å²) in [5.41, 5.74) is 3.11. The number of nitrogens with zero attached hydrogens (tertiary/aromatic N) is 4. The zero-order chi connectivity index (χ0) is 23.0. The molecule has 3 aromatic heterocycles. The van der Waals surface area contributed by atoms with Gasteiger partial charge in [0.15, 0.2) is 0 Å². The zero-order valence-electron chi connectivity index (χ0n) is 18.8. The molecule has 4 heterocycles. The van der Waals surface area contributed by atoms with Gasteiger partial charge in [-0.25, -0.2) is 4.98 Å². The third kappa shape index (κ3) is 3.67. The van der Waals surface area contributed by atoms with Crippen LogP contribution in [0.5, 0.6) is 0 Å². The minimum atomic E-state index is -0.740. The number of quaternary nitrogens is 1. The number of likely N-dealkylation sites (tertiary alicyclic amines) is 1. The van der Waals surface area contributed by atoms with Crippen LogP contribution in [0.2, 0.25) is 0 Å². The van der Waals surface area contributed by atoms with E-state index in [0.717, 1.165) is 18.5 Å². The van der Waals surface area contributed by atoms with E-state index in [-0.39, 0.29) is 5.57 Å². The Morgan fingerprint density at radius 3 is 2.56 bits per heavy atom. The van der Waals surface area contributed by atoms with Gasteiger partial charge in [-0.1, -0.05) is 11.8 Å². The molecule has 0 aromatic carbocycles. The van der Waals surface area contributed by atoms with Crippen molar-refractivity contribution in [1.29, 1.82) is 0 Å². The van der Waals surface area contributed by atoms with Gasteiger partial charge in [-0.3, -0.25) is 14.6 Å². The smallest absolute Gasteiger partial charge is 0.295 e. The number of rotatable bonds is 6. The van der Waals surface area contributed by atoms with Crippen LogP contribution in [-0.4, -0.2) is 58.1 Å². The number of Topliss-reactive ketones (excluding diaryl/α,β-unsaturated/α-hetero) is 1. The molecule has 8 nitrogen and oxygen atoms in total. The lowest BCUT2D eigenvalue weighted by atomic mass is 9.97. The van der Waals surface area contributed by atoms with E-state index < -0.39 is 23.5 Å². The van der Waals surface area contributed by atoms with Crippen molar-refractivity contribution in [1.82, 2.24) is 19.3 Å². The van der Waals surface area contributed by atoms with E-state index in [9.17, 15) is 14.7 Å². The van der Waals surface area contributed by atoms with E-state index in [2.05, 4.69) is 9.97 Å². The van der Waals surface area contributed by atoms with Crippen LogP contribution in [0, 0.1) is 13.8 Å². The maximum absolute atomic E-state index is 13.8. The van der Waals surface area contributed by atoms with Crippen molar-refractivity contribution in [2.45, 2.75) is 26.3 Å². The second-order valence-electron chi connectivity index (χ2n) is 8.49. The Morgan fingerprint density at radius 2 is 1.88 bits per heavy atom. The second kappa shape index (κ2) is 8.55. The molecule has 166 valence electrons. The zero-order valence-corrected chi connectivity index (χ0v) is 18.8. The van der Waals surface area contributed by atoms with Crippen LogP contribution in [0.4, 0.5) is 0 Å². The SMILES string of the molecule is Cc1nc2c(C)cccn2c1/C([O-])=C1\C(=O)C(=O)N(CCC[NH+](C)C)C1c1ccncc1. The van der Waals surface area contributed by atoms with Gasteiger partial charge in [0.05, 0.1) is 38.1 Å². The molecule has 0 spiro atoms. The highest BCUT2D eigenvalue weighted by Gasteiger charge is 2.44. The first-order valence-corrected chi connectivity index (χ1v) is 10.7. The number of nitrogens with one attached hydrogen (secondary N) is 1. The molecule has 0 bridgehead atoms. The number of pyridine rings is 2. The van der Waals surface area contributed by atoms with Gasteiger partial charge in [0.1, 0.15) is 5.65 Å². The third-order valence-corrected chi connectivity index (χ3v) is 5.86. The highest BCUT2D eigenvalue weighted by atomic mass is 16.3. The highest BCUT2D eigenvalue weighted by molar-refractivity contribution is 6.46. The molecule has 1 amide bonds. The molecule has 3 aromatic rings. The van der Waals surface area contributed by atoms with E-state index >= 15 is 0 Å². The number of imidazole rings is 1. The summed E-state index contributed by atoms with van der Waals surface area (Å²) in [5.74, 6) is -1.83. The maximum atomic E-state index is 13.8. The molecule has 1 saturated heterocycles. The third-order valence-electron chi connectivity index (χ3n) is 5.86. The lowest BCUT2D eigenvalue weighted by Gasteiger charge is -2.27. The fraction of sp³-hybridized carbons (Fsp3) is 0.333. The first-order chi connectivity index (χ1) is 15.3. The molecule has 1 N–H and O–H groups in total. The van der Waals surface area contributed by atoms with Crippen molar-refractivity contribution in [3.8, 4) is 0 Å². The topological polar surface area (TPSA) is 95.1 Å². The second-order valence-corrected chi connectivity index (χ2v) is 8.49. The molecule has 8 heteroatoms. The number of fused-ring (bicyclic) bond motifs is 1. The fourth-order valence-corrected chi connectivity index (χ4v) is 4.31. The molecule has 32 heavy (non-hydrogen) atoms. The lowest BCUT2D eigenvalue weighted by Crippen LogP contribution is -3.05. The van der Waals surface area contributed by atoms with E-state index in [0.29, 0.717) is 29.1 Å². The van der Waals surface area contributed by atoms with Crippen molar-refractivity contribution in [3.05, 3.63) is 70.9 Å². The molecule has 0 saturated carbocycles. The van der Waals surface area contributed by atoms with Crippen LogP contribution >= 0.6 is 0 Å². The molecule has 1 atom stereocenters. The van der Waals surface area contributed by atoms with E-state index in [1.165, 1.54) is 9.80 Å². The van der Waals surface area contributed by atoms with Gasteiger partial charge in [0, 0.05) is 37.1 Å². The van der Waals surface area contributed by atoms with Crippen molar-refractivity contribution < 1.29 is 19.6 Å². The van der Waals surface area contributed by atoms with Crippen LogP contribution in [-0.2, 0) is 9.59 Å². The Hall–Kier alpha value is -3.52. The lowest BCUT2D eigenvalue weighted by molar-refractivity contribution is -0.858. The number of amides is 1. The number of aromatic nitrogens is 3. The Bertz CT molecular complexity index is 1210. The molecule has 1 fully saturated rings. The molecule has 0 radical (unpaired) electrons. The van der Waals surface area contributed by atoms with Gasteiger partial charge < -0.3 is 19.3 Å². The Morgan fingerprint density at radius 1 is 1.16 bits per heavy atom. The van der Waals surface area contributed by atoms with Gasteiger partial charge in [-0.15, -0.1) is 0 Å². The van der Waals surface area contributed by atoms with Crippen molar-refractivity contribution in [3.63, 3.8) is 0 Å². The average Bonchev–Trinajstić information content (AvgIpc) is 3.23. The summed E-state index contributed by atoms with van der Waals surface area (Å²) in [5, 5.41) is 13.8. The van der Waals surface area contributed by atoms with Crippen LogP contribution in [0.15, 0.2) is 48.4 Å². The summed E-state index contributed by atoms with van der Waals surface area (Å²) in [4.78, 5) is 37.5. The summed E-state index contributed by atoms with van der Waals surface area (Å²) in [7, 11) is 4.07. The van der Waals surface area contributed by atoms with Crippen molar-refractivity contribution in [2.24, 2.45) is 0 Å². The number of ketones is 1. The molecule has 1 aliphatic heterocycles. The van der Waals surface area contributed by atoms with Crippen LogP contribution < -0.4 is 10.0 Å². The number of hydrogen-bond acceptors (Lipinski definition) is 5. The van der Waals surface area contributed by atoms with Crippen LogP contribution in [0.25, 0.3) is 11.4 Å². The van der Waals surface area contributed by atoms with E-state index in [1.807, 2.05) is 33.2 Å². The summed E-state index contributed by atoms with van der Waals surface area (Å²) in [6, 6.07) is 6.51. The summed E-state index contributed by atoms with van der Waals surface area (Å²) in [6.07, 6.45) is 5.69. The summed E-state index contributed by atoms with van der Waals surface area (Å²) >= 11 is 0. The predicted molar refractivity (Wildman–Crippen MR) is 118 cm³/mol. The summed E-state index contributed by atoms with van der Waals surface area (Å²) in [6.45, 7) is 4.91. The number of carbonyl (C=O) groups is 2. The quantitative estimate of drug-likeness (QED) is 0.338. The van der Waals surface area contributed by atoms with Gasteiger partial charge in [-0.05, 0) is 43.2 Å². The normalized spacial score (nSPS) is 18.3. The van der Waals surface area contributed by atoms with Gasteiger partial charge in [-0.2, -0.15) is 0 Å². The molecule has 1 aliphatic rings. The maximum Gasteiger partial charge on any atom is 0.295 e. The first kappa shape index (κ1) is 21.7. The Kier molecular flexibility index (Phi) is 5.80. The van der Waals surface area contributed by atoms with E-state index in [1.54, 1.807) is 42.0 Å².